The van der Waals surface area contributed by atoms with Crippen LogP contribution >= 0.6 is 0 Å². The molecular weight excluding hydrogens is 314 g/mol. The normalized spacial score (nSPS) is 20.2. The molecular formula is C20H25N3O2. The summed E-state index contributed by atoms with van der Waals surface area (Å²) in [5.74, 6) is -0.270. The molecule has 2 aromatic carbocycles. The van der Waals surface area contributed by atoms with Gasteiger partial charge in [-0.1, -0.05) is 42.5 Å². The number of carbonyl (C=O) groups excluding carboxylic acids is 2. The molecule has 2 unspecified atom stereocenters. The molecule has 0 bridgehead atoms. The van der Waals surface area contributed by atoms with Crippen molar-refractivity contribution < 1.29 is 9.59 Å². The third-order valence-electron chi connectivity index (χ3n) is 4.79. The Hall–Kier alpha value is -2.40. The van der Waals surface area contributed by atoms with E-state index in [0.717, 1.165) is 35.7 Å². The molecule has 1 aliphatic rings. The highest BCUT2D eigenvalue weighted by Crippen LogP contribution is 2.18. The van der Waals surface area contributed by atoms with Gasteiger partial charge in [0.05, 0.1) is 13.0 Å². The fourth-order valence-electron chi connectivity index (χ4n) is 3.36. The predicted octanol–water partition coefficient (Wildman–Crippen LogP) is 1.76. The first-order valence-corrected chi connectivity index (χ1v) is 8.89. The number of carbonyl (C=O) groups is 2. The number of piperidine rings is 1. The van der Waals surface area contributed by atoms with E-state index in [4.69, 9.17) is 0 Å². The highest BCUT2D eigenvalue weighted by Gasteiger charge is 2.22. The van der Waals surface area contributed by atoms with E-state index >= 15 is 0 Å². The maximum absolute atomic E-state index is 12.2. The first-order chi connectivity index (χ1) is 12.1. The second kappa shape index (κ2) is 8.12. The van der Waals surface area contributed by atoms with Gasteiger partial charge < -0.3 is 16.0 Å². The average Bonchev–Trinajstić information content (AvgIpc) is 2.62. The zero-order valence-corrected chi connectivity index (χ0v) is 14.5. The average molecular weight is 339 g/mol. The van der Waals surface area contributed by atoms with E-state index < -0.39 is 0 Å². The minimum Gasteiger partial charge on any atom is -0.350 e. The second-order valence-corrected chi connectivity index (χ2v) is 6.65. The largest absolute Gasteiger partial charge is 0.350 e. The van der Waals surface area contributed by atoms with Gasteiger partial charge in [-0.3, -0.25) is 9.59 Å². The van der Waals surface area contributed by atoms with E-state index in [-0.39, 0.29) is 36.9 Å². The molecule has 5 heteroatoms. The van der Waals surface area contributed by atoms with Crippen molar-refractivity contribution in [3.63, 3.8) is 0 Å². The number of nitrogens with one attached hydrogen (secondary N) is 3. The number of fused-ring (bicyclic) bond motifs is 1. The van der Waals surface area contributed by atoms with Gasteiger partial charge in [-0.25, -0.2) is 0 Å². The standard InChI is InChI=1S/C20H25N3O2/c1-14-18(10-5-11-21-14)23-20(25)13-22-19(24)12-16-8-4-7-15-6-2-3-9-17(15)16/h2-4,6-9,14,18,21H,5,10-13H2,1H3,(H,22,24)(H,23,25). The quantitative estimate of drug-likeness (QED) is 0.777. The lowest BCUT2D eigenvalue weighted by atomic mass is 10.00. The number of hydrogen-bond donors (Lipinski definition) is 3. The van der Waals surface area contributed by atoms with Crippen molar-refractivity contribution >= 4 is 22.6 Å². The summed E-state index contributed by atoms with van der Waals surface area (Å²) in [6.07, 6.45) is 2.31. The van der Waals surface area contributed by atoms with Gasteiger partial charge in [0.1, 0.15) is 0 Å². The van der Waals surface area contributed by atoms with Crippen molar-refractivity contribution in [3.8, 4) is 0 Å². The van der Waals surface area contributed by atoms with Crippen LogP contribution in [0.25, 0.3) is 10.8 Å². The molecule has 25 heavy (non-hydrogen) atoms. The Morgan fingerprint density at radius 2 is 1.92 bits per heavy atom. The molecule has 2 amide bonds. The van der Waals surface area contributed by atoms with E-state index in [2.05, 4.69) is 22.9 Å². The zero-order valence-electron chi connectivity index (χ0n) is 14.5. The van der Waals surface area contributed by atoms with Crippen molar-refractivity contribution in [3.05, 3.63) is 48.0 Å². The Bertz CT molecular complexity index is 754. The summed E-state index contributed by atoms with van der Waals surface area (Å²) in [5.41, 5.74) is 0.973. The Balaban J connectivity index is 1.51. The second-order valence-electron chi connectivity index (χ2n) is 6.65. The van der Waals surface area contributed by atoms with Crippen LogP contribution in [0.2, 0.25) is 0 Å². The summed E-state index contributed by atoms with van der Waals surface area (Å²) in [6.45, 7) is 3.09. The van der Waals surface area contributed by atoms with Crippen LogP contribution in [0.4, 0.5) is 0 Å². The molecule has 3 N–H and O–H groups in total. The Kier molecular flexibility index (Phi) is 5.66. The summed E-state index contributed by atoms with van der Waals surface area (Å²) >= 11 is 0. The summed E-state index contributed by atoms with van der Waals surface area (Å²) in [6, 6.07) is 14.3. The predicted molar refractivity (Wildman–Crippen MR) is 99.3 cm³/mol. The van der Waals surface area contributed by atoms with Crippen molar-refractivity contribution in [2.24, 2.45) is 0 Å². The molecule has 2 atom stereocenters. The molecule has 0 aliphatic carbocycles. The van der Waals surface area contributed by atoms with Crippen LogP contribution in [0.1, 0.15) is 25.3 Å². The topological polar surface area (TPSA) is 70.2 Å². The Morgan fingerprint density at radius 3 is 2.76 bits per heavy atom. The number of rotatable bonds is 5. The third-order valence-corrected chi connectivity index (χ3v) is 4.79. The monoisotopic (exact) mass is 339 g/mol. The van der Waals surface area contributed by atoms with Crippen LogP contribution in [-0.2, 0) is 16.0 Å². The van der Waals surface area contributed by atoms with E-state index in [9.17, 15) is 9.59 Å². The van der Waals surface area contributed by atoms with E-state index in [1.165, 1.54) is 0 Å². The summed E-state index contributed by atoms with van der Waals surface area (Å²) in [7, 11) is 0. The zero-order chi connectivity index (χ0) is 17.6. The molecule has 1 fully saturated rings. The van der Waals surface area contributed by atoms with Gasteiger partial charge in [-0.05, 0) is 42.6 Å². The highest BCUT2D eigenvalue weighted by molar-refractivity contribution is 5.91. The minimum atomic E-state index is -0.138. The highest BCUT2D eigenvalue weighted by atomic mass is 16.2. The number of hydrogen-bond acceptors (Lipinski definition) is 3. The molecule has 2 aromatic rings. The third kappa shape index (κ3) is 4.57. The molecule has 5 nitrogen and oxygen atoms in total. The van der Waals surface area contributed by atoms with Crippen LogP contribution < -0.4 is 16.0 Å². The number of amides is 2. The fourth-order valence-corrected chi connectivity index (χ4v) is 3.36. The first kappa shape index (κ1) is 17.4. The Morgan fingerprint density at radius 1 is 1.12 bits per heavy atom. The molecule has 0 saturated carbocycles. The van der Waals surface area contributed by atoms with Gasteiger partial charge >= 0.3 is 0 Å². The molecule has 1 saturated heterocycles. The molecule has 1 heterocycles. The SMILES string of the molecule is CC1NCCCC1NC(=O)CNC(=O)Cc1cccc2ccccc12. The van der Waals surface area contributed by atoms with Gasteiger partial charge in [-0.15, -0.1) is 0 Å². The number of benzene rings is 2. The van der Waals surface area contributed by atoms with Gasteiger partial charge in [-0.2, -0.15) is 0 Å². The van der Waals surface area contributed by atoms with Gasteiger partial charge in [0.15, 0.2) is 0 Å². The van der Waals surface area contributed by atoms with Crippen LogP contribution in [0, 0.1) is 0 Å². The van der Waals surface area contributed by atoms with Gasteiger partial charge in [0.25, 0.3) is 0 Å². The lowest BCUT2D eigenvalue weighted by Gasteiger charge is -2.30. The molecule has 0 spiro atoms. The van der Waals surface area contributed by atoms with Crippen molar-refractivity contribution in [1.29, 1.82) is 0 Å². The lowest BCUT2D eigenvalue weighted by molar-refractivity contribution is -0.126. The molecule has 1 aliphatic heterocycles. The summed E-state index contributed by atoms with van der Waals surface area (Å²) in [4.78, 5) is 24.3. The van der Waals surface area contributed by atoms with Crippen molar-refractivity contribution in [1.82, 2.24) is 16.0 Å². The maximum atomic E-state index is 12.2. The lowest BCUT2D eigenvalue weighted by Crippen LogP contribution is -2.53. The van der Waals surface area contributed by atoms with Crippen LogP contribution in [0.3, 0.4) is 0 Å². The summed E-state index contributed by atoms with van der Waals surface area (Å²) in [5, 5.41) is 11.3. The fraction of sp³-hybridized carbons (Fsp3) is 0.400. The smallest absolute Gasteiger partial charge is 0.239 e. The molecule has 0 aromatic heterocycles. The van der Waals surface area contributed by atoms with Crippen LogP contribution in [0.5, 0.6) is 0 Å². The van der Waals surface area contributed by atoms with E-state index in [1.54, 1.807) is 0 Å². The van der Waals surface area contributed by atoms with Crippen LogP contribution in [0.15, 0.2) is 42.5 Å². The van der Waals surface area contributed by atoms with E-state index in [1.807, 2.05) is 42.5 Å². The van der Waals surface area contributed by atoms with Gasteiger partial charge in [0, 0.05) is 12.1 Å². The van der Waals surface area contributed by atoms with Crippen LogP contribution in [-0.4, -0.2) is 37.0 Å². The van der Waals surface area contributed by atoms with E-state index in [0.29, 0.717) is 0 Å². The van der Waals surface area contributed by atoms with Gasteiger partial charge in [0.2, 0.25) is 11.8 Å². The first-order valence-electron chi connectivity index (χ1n) is 8.89. The van der Waals surface area contributed by atoms with Crippen molar-refractivity contribution in [2.45, 2.75) is 38.3 Å². The van der Waals surface area contributed by atoms with Crippen molar-refractivity contribution in [2.75, 3.05) is 13.1 Å². The maximum Gasteiger partial charge on any atom is 0.239 e. The summed E-state index contributed by atoms with van der Waals surface area (Å²) < 4.78 is 0. The molecule has 132 valence electrons. The molecule has 0 radical (unpaired) electrons. The molecule has 3 rings (SSSR count). The Labute approximate surface area is 148 Å². The minimum absolute atomic E-state index is 0.0207.